The molecule has 0 spiro atoms. The number of benzene rings is 6. The fraction of sp³-hybridized carbons (Fsp3) is 0.0952. The Morgan fingerprint density at radius 1 is 0.348 bits per heavy atom. The van der Waals surface area contributed by atoms with E-state index < -0.39 is 15.8 Å². The Bertz CT molecular complexity index is 1560. The van der Waals surface area contributed by atoms with Crippen LogP contribution in [0, 0.1) is 0 Å². The van der Waals surface area contributed by atoms with Crippen molar-refractivity contribution in [2.24, 2.45) is 9.98 Å². The Hall–Kier alpha value is -4.48. The molecule has 0 aliphatic heterocycles. The molecule has 226 valence electrons. The van der Waals surface area contributed by atoms with E-state index in [2.05, 4.69) is 194 Å². The van der Waals surface area contributed by atoms with Crippen LogP contribution in [0.5, 0.6) is 0 Å². The van der Waals surface area contributed by atoms with E-state index in [0.717, 1.165) is 12.3 Å². The number of hydrogen-bond donors (Lipinski definition) is 0. The highest BCUT2D eigenvalue weighted by molar-refractivity contribution is 7.74. The van der Waals surface area contributed by atoms with Crippen LogP contribution >= 0.6 is 15.8 Å². The fourth-order valence-electron chi connectivity index (χ4n) is 5.64. The quantitative estimate of drug-likeness (QED) is 0.0898. The maximum Gasteiger partial charge on any atom is 0.101 e. The molecule has 0 aliphatic rings. The highest BCUT2D eigenvalue weighted by Crippen LogP contribution is 2.38. The molecule has 2 nitrogen and oxygen atoms in total. The lowest BCUT2D eigenvalue weighted by atomic mass is 9.94. The normalized spacial score (nSPS) is 13.0. The standard InChI is InChI=1S/C42H38N2P2/c1-7-19-35(20-8-1)41(43-31-33-45(37-23-11-3-12-24-37)38-25-13-4-14-26-38)42(36-21-9-2-10-22-36)44-32-34-46(39-27-15-5-16-28-39)40-29-17-6-18-30-40/h1-32,41-42H,33-34H2/t41-,42?/m1/s1. The van der Waals surface area contributed by atoms with Crippen LogP contribution in [0.25, 0.3) is 0 Å². The van der Waals surface area contributed by atoms with E-state index in [1.807, 2.05) is 0 Å². The van der Waals surface area contributed by atoms with E-state index in [4.69, 9.17) is 9.98 Å². The SMILES string of the molecule is C(CP(c1ccccc1)c1ccccc1)=NC(c1ccccc1)[C@H](N=CCP(c1ccccc1)c1ccccc1)c1ccccc1. The molecule has 6 rings (SSSR count). The van der Waals surface area contributed by atoms with E-state index in [0.29, 0.717) is 0 Å². The molecule has 0 aromatic heterocycles. The molecule has 0 N–H and O–H groups in total. The summed E-state index contributed by atoms with van der Waals surface area (Å²) in [5.74, 6) is 0. The van der Waals surface area contributed by atoms with Crippen molar-refractivity contribution in [2.45, 2.75) is 12.1 Å². The first-order chi connectivity index (χ1) is 22.9. The van der Waals surface area contributed by atoms with Crippen LogP contribution in [-0.4, -0.2) is 24.8 Å². The molecule has 0 saturated carbocycles. The van der Waals surface area contributed by atoms with Gasteiger partial charge >= 0.3 is 0 Å². The first kappa shape index (κ1) is 31.5. The second-order valence-electron chi connectivity index (χ2n) is 10.9. The Kier molecular flexibility index (Phi) is 11.5. The van der Waals surface area contributed by atoms with Gasteiger partial charge in [0, 0.05) is 24.8 Å². The van der Waals surface area contributed by atoms with Gasteiger partial charge in [0.2, 0.25) is 0 Å². The highest BCUT2D eigenvalue weighted by atomic mass is 31.1. The van der Waals surface area contributed by atoms with Gasteiger partial charge in [0.25, 0.3) is 0 Å². The molecular formula is C42H38N2P2. The average molecular weight is 633 g/mol. The zero-order chi connectivity index (χ0) is 31.2. The van der Waals surface area contributed by atoms with Crippen LogP contribution in [0.2, 0.25) is 0 Å². The van der Waals surface area contributed by atoms with Gasteiger partial charge in [0.15, 0.2) is 0 Å². The topological polar surface area (TPSA) is 24.7 Å². The zero-order valence-corrected chi connectivity index (χ0v) is 27.6. The van der Waals surface area contributed by atoms with Gasteiger partial charge in [0.05, 0.1) is 0 Å². The number of rotatable bonds is 13. The molecule has 6 aromatic carbocycles. The number of hydrogen-bond acceptors (Lipinski definition) is 2. The summed E-state index contributed by atoms with van der Waals surface area (Å²) >= 11 is 0. The van der Waals surface area contributed by atoms with E-state index in [1.165, 1.54) is 32.3 Å². The molecule has 0 fully saturated rings. The van der Waals surface area contributed by atoms with Gasteiger partial charge < -0.3 is 0 Å². The minimum Gasteiger partial charge on any atom is -0.286 e. The number of nitrogens with zero attached hydrogens (tertiary/aromatic N) is 2. The van der Waals surface area contributed by atoms with Crippen LogP contribution in [-0.2, 0) is 0 Å². The van der Waals surface area contributed by atoms with Gasteiger partial charge in [-0.1, -0.05) is 182 Å². The smallest absolute Gasteiger partial charge is 0.101 e. The summed E-state index contributed by atoms with van der Waals surface area (Å²) in [4.78, 5) is 10.7. The Labute approximate surface area is 276 Å². The van der Waals surface area contributed by atoms with Crippen molar-refractivity contribution < 1.29 is 0 Å². The summed E-state index contributed by atoms with van der Waals surface area (Å²) < 4.78 is 0. The maximum atomic E-state index is 5.36. The van der Waals surface area contributed by atoms with Crippen molar-refractivity contribution in [1.82, 2.24) is 0 Å². The number of aliphatic imine (C=N–C) groups is 2. The van der Waals surface area contributed by atoms with Gasteiger partial charge in [-0.2, -0.15) is 0 Å². The molecule has 4 heteroatoms. The van der Waals surface area contributed by atoms with E-state index in [-0.39, 0.29) is 12.1 Å². The fourth-order valence-corrected chi connectivity index (χ4v) is 9.72. The summed E-state index contributed by atoms with van der Waals surface area (Å²) in [7, 11) is -1.16. The van der Waals surface area contributed by atoms with Crippen LogP contribution in [0.4, 0.5) is 0 Å². The molecule has 2 atom stereocenters. The molecule has 0 heterocycles. The van der Waals surface area contributed by atoms with Crippen molar-refractivity contribution in [2.75, 3.05) is 12.3 Å². The van der Waals surface area contributed by atoms with E-state index in [9.17, 15) is 0 Å². The highest BCUT2D eigenvalue weighted by Gasteiger charge is 2.24. The van der Waals surface area contributed by atoms with E-state index in [1.54, 1.807) is 0 Å². The second kappa shape index (κ2) is 16.7. The lowest BCUT2D eigenvalue weighted by molar-refractivity contribution is 0.583. The van der Waals surface area contributed by atoms with Gasteiger partial charge in [-0.3, -0.25) is 9.98 Å². The van der Waals surface area contributed by atoms with Crippen molar-refractivity contribution in [3.63, 3.8) is 0 Å². The van der Waals surface area contributed by atoms with E-state index >= 15 is 0 Å². The summed E-state index contributed by atoms with van der Waals surface area (Å²) in [5.41, 5.74) is 2.34. The predicted molar refractivity (Wildman–Crippen MR) is 203 cm³/mol. The third-order valence-electron chi connectivity index (χ3n) is 7.91. The van der Waals surface area contributed by atoms with Crippen molar-refractivity contribution >= 4 is 49.5 Å². The van der Waals surface area contributed by atoms with Crippen LogP contribution in [0.15, 0.2) is 192 Å². The molecule has 1 unspecified atom stereocenters. The molecule has 6 aromatic rings. The predicted octanol–water partition coefficient (Wildman–Crippen LogP) is 8.88. The molecular weight excluding hydrogens is 594 g/mol. The lowest BCUT2D eigenvalue weighted by Crippen LogP contribution is -2.16. The Morgan fingerprint density at radius 3 is 0.848 bits per heavy atom. The minimum absolute atomic E-state index is 0.150. The first-order valence-corrected chi connectivity index (χ1v) is 18.8. The van der Waals surface area contributed by atoms with Gasteiger partial charge in [-0.05, 0) is 48.2 Å². The van der Waals surface area contributed by atoms with Crippen molar-refractivity contribution in [3.05, 3.63) is 193 Å². The monoisotopic (exact) mass is 632 g/mol. The van der Waals surface area contributed by atoms with Crippen LogP contribution in [0.1, 0.15) is 23.2 Å². The molecule has 0 saturated heterocycles. The molecule has 46 heavy (non-hydrogen) atoms. The van der Waals surface area contributed by atoms with Crippen molar-refractivity contribution in [3.8, 4) is 0 Å². The third-order valence-corrected chi connectivity index (χ3v) is 12.7. The first-order valence-electron chi connectivity index (χ1n) is 15.8. The van der Waals surface area contributed by atoms with Crippen LogP contribution < -0.4 is 21.2 Å². The third kappa shape index (κ3) is 8.41. The largest absolute Gasteiger partial charge is 0.286 e. The molecule has 0 bridgehead atoms. The Balaban J connectivity index is 1.34. The minimum atomic E-state index is -0.580. The Morgan fingerprint density at radius 2 is 0.587 bits per heavy atom. The summed E-state index contributed by atoms with van der Waals surface area (Å²) in [5, 5.41) is 5.44. The van der Waals surface area contributed by atoms with Gasteiger partial charge in [0.1, 0.15) is 12.1 Å². The van der Waals surface area contributed by atoms with Gasteiger partial charge in [-0.15, -0.1) is 0 Å². The second-order valence-corrected chi connectivity index (χ2v) is 15.4. The zero-order valence-electron chi connectivity index (χ0n) is 25.8. The average Bonchev–Trinajstić information content (AvgIpc) is 3.14. The summed E-state index contributed by atoms with van der Waals surface area (Å²) in [6, 6.07) is 64.4. The maximum absolute atomic E-state index is 5.36. The van der Waals surface area contributed by atoms with Crippen molar-refractivity contribution in [1.29, 1.82) is 0 Å². The summed E-state index contributed by atoms with van der Waals surface area (Å²) in [6.45, 7) is 0. The van der Waals surface area contributed by atoms with Crippen LogP contribution in [0.3, 0.4) is 0 Å². The summed E-state index contributed by atoms with van der Waals surface area (Å²) in [6.07, 6.45) is 6.06. The lowest BCUT2D eigenvalue weighted by Gasteiger charge is -2.23. The molecule has 0 amide bonds. The molecule has 0 aliphatic carbocycles. The van der Waals surface area contributed by atoms with Gasteiger partial charge in [-0.25, -0.2) is 0 Å². The molecule has 0 radical (unpaired) electrons.